The standard InChI is InChI=1S/C14H19N3O2S/c1-10(2)9-17(3)13(18)7-6-12-15-14(16-19-12)11-5-4-8-20-11/h4-5,8,10H,6-7,9H2,1-3H3. The number of hydrogen-bond donors (Lipinski definition) is 0. The summed E-state index contributed by atoms with van der Waals surface area (Å²) in [6, 6.07) is 3.89. The number of rotatable bonds is 6. The molecule has 0 bridgehead atoms. The second-order valence-corrected chi connectivity index (χ2v) is 6.10. The van der Waals surface area contributed by atoms with Gasteiger partial charge in [-0.3, -0.25) is 4.79 Å². The predicted molar refractivity (Wildman–Crippen MR) is 78.4 cm³/mol. The number of aromatic nitrogens is 2. The molecule has 0 atom stereocenters. The predicted octanol–water partition coefficient (Wildman–Crippen LogP) is 2.85. The number of hydrogen-bond acceptors (Lipinski definition) is 5. The molecule has 0 saturated heterocycles. The first kappa shape index (κ1) is 14.7. The van der Waals surface area contributed by atoms with Crippen LogP contribution in [-0.4, -0.2) is 34.5 Å². The molecular formula is C14H19N3O2S. The van der Waals surface area contributed by atoms with Gasteiger partial charge in [-0.05, 0) is 17.4 Å². The van der Waals surface area contributed by atoms with Gasteiger partial charge in [-0.2, -0.15) is 4.98 Å². The van der Waals surface area contributed by atoms with E-state index in [2.05, 4.69) is 24.0 Å². The highest BCUT2D eigenvalue weighted by molar-refractivity contribution is 7.13. The average molecular weight is 293 g/mol. The van der Waals surface area contributed by atoms with Gasteiger partial charge in [0.15, 0.2) is 0 Å². The van der Waals surface area contributed by atoms with E-state index in [1.54, 1.807) is 16.2 Å². The molecule has 0 fully saturated rings. The lowest BCUT2D eigenvalue weighted by atomic mass is 10.2. The summed E-state index contributed by atoms with van der Waals surface area (Å²) < 4.78 is 5.17. The van der Waals surface area contributed by atoms with Crippen LogP contribution in [0.2, 0.25) is 0 Å². The fourth-order valence-corrected chi connectivity index (χ4v) is 2.57. The van der Waals surface area contributed by atoms with Gasteiger partial charge in [-0.1, -0.05) is 25.1 Å². The molecule has 0 aliphatic heterocycles. The third kappa shape index (κ3) is 3.90. The van der Waals surface area contributed by atoms with Crippen LogP contribution in [0.4, 0.5) is 0 Å². The molecule has 0 unspecified atom stereocenters. The summed E-state index contributed by atoms with van der Waals surface area (Å²) in [6.07, 6.45) is 0.884. The van der Waals surface area contributed by atoms with E-state index in [4.69, 9.17) is 4.52 Å². The zero-order chi connectivity index (χ0) is 14.5. The number of carbonyl (C=O) groups excluding carboxylic acids is 1. The third-order valence-corrected chi connectivity index (χ3v) is 3.69. The van der Waals surface area contributed by atoms with E-state index in [0.29, 0.717) is 30.5 Å². The molecule has 2 heterocycles. The first-order valence-electron chi connectivity index (χ1n) is 6.66. The van der Waals surface area contributed by atoms with Crippen molar-refractivity contribution >= 4 is 17.2 Å². The second-order valence-electron chi connectivity index (χ2n) is 5.16. The van der Waals surface area contributed by atoms with Gasteiger partial charge in [0.2, 0.25) is 17.6 Å². The molecule has 0 spiro atoms. The van der Waals surface area contributed by atoms with Crippen LogP contribution in [0.5, 0.6) is 0 Å². The number of thiophene rings is 1. The van der Waals surface area contributed by atoms with Crippen molar-refractivity contribution in [2.75, 3.05) is 13.6 Å². The Hall–Kier alpha value is -1.69. The maximum absolute atomic E-state index is 11.9. The van der Waals surface area contributed by atoms with Crippen molar-refractivity contribution in [1.82, 2.24) is 15.0 Å². The Balaban J connectivity index is 1.87. The largest absolute Gasteiger partial charge is 0.345 e. The molecule has 0 aliphatic carbocycles. The van der Waals surface area contributed by atoms with Crippen LogP contribution in [0.3, 0.4) is 0 Å². The van der Waals surface area contributed by atoms with Crippen molar-refractivity contribution in [3.05, 3.63) is 23.4 Å². The summed E-state index contributed by atoms with van der Waals surface area (Å²) >= 11 is 1.57. The molecule has 0 aromatic carbocycles. The molecule has 2 rings (SSSR count). The molecule has 0 radical (unpaired) electrons. The highest BCUT2D eigenvalue weighted by Gasteiger charge is 2.14. The highest BCUT2D eigenvalue weighted by atomic mass is 32.1. The van der Waals surface area contributed by atoms with Crippen LogP contribution in [0, 0.1) is 5.92 Å². The van der Waals surface area contributed by atoms with E-state index >= 15 is 0 Å². The van der Waals surface area contributed by atoms with Crippen LogP contribution in [0.15, 0.2) is 22.0 Å². The fraction of sp³-hybridized carbons (Fsp3) is 0.500. The molecule has 1 amide bonds. The minimum absolute atomic E-state index is 0.106. The van der Waals surface area contributed by atoms with Crippen molar-refractivity contribution < 1.29 is 9.32 Å². The van der Waals surface area contributed by atoms with Crippen LogP contribution in [-0.2, 0) is 11.2 Å². The quantitative estimate of drug-likeness (QED) is 0.821. The maximum Gasteiger partial charge on any atom is 0.227 e. The van der Waals surface area contributed by atoms with Gasteiger partial charge in [0.1, 0.15) is 0 Å². The van der Waals surface area contributed by atoms with Crippen LogP contribution in [0.25, 0.3) is 10.7 Å². The molecular weight excluding hydrogens is 274 g/mol. The first-order chi connectivity index (χ1) is 9.56. The molecule has 20 heavy (non-hydrogen) atoms. The third-order valence-electron chi connectivity index (χ3n) is 2.83. The van der Waals surface area contributed by atoms with Crippen molar-refractivity contribution in [3.63, 3.8) is 0 Å². The van der Waals surface area contributed by atoms with Crippen molar-refractivity contribution in [3.8, 4) is 10.7 Å². The summed E-state index contributed by atoms with van der Waals surface area (Å²) in [6.45, 7) is 4.95. The topological polar surface area (TPSA) is 59.2 Å². The highest BCUT2D eigenvalue weighted by Crippen LogP contribution is 2.21. The van der Waals surface area contributed by atoms with E-state index in [1.807, 2.05) is 24.6 Å². The van der Waals surface area contributed by atoms with Crippen LogP contribution in [0.1, 0.15) is 26.2 Å². The Kier molecular flexibility index (Phi) is 4.89. The lowest BCUT2D eigenvalue weighted by Gasteiger charge is -2.18. The van der Waals surface area contributed by atoms with Crippen molar-refractivity contribution in [1.29, 1.82) is 0 Å². The Bertz CT molecular complexity index is 549. The molecule has 0 aliphatic rings. The zero-order valence-corrected chi connectivity index (χ0v) is 12.8. The lowest BCUT2D eigenvalue weighted by molar-refractivity contribution is -0.130. The summed E-state index contributed by atoms with van der Waals surface area (Å²) in [5, 5.41) is 5.90. The van der Waals surface area contributed by atoms with E-state index < -0.39 is 0 Å². The Labute approximate surface area is 122 Å². The smallest absolute Gasteiger partial charge is 0.227 e. The van der Waals surface area contributed by atoms with Crippen molar-refractivity contribution in [2.24, 2.45) is 5.92 Å². The number of aryl methyl sites for hydroxylation is 1. The van der Waals surface area contributed by atoms with E-state index in [1.165, 1.54) is 0 Å². The van der Waals surface area contributed by atoms with Crippen LogP contribution >= 0.6 is 11.3 Å². The van der Waals surface area contributed by atoms with Crippen molar-refractivity contribution in [2.45, 2.75) is 26.7 Å². The van der Waals surface area contributed by atoms with Gasteiger partial charge in [0.05, 0.1) is 4.88 Å². The summed E-state index contributed by atoms with van der Waals surface area (Å²) in [7, 11) is 1.83. The molecule has 6 heteroatoms. The molecule has 0 N–H and O–H groups in total. The maximum atomic E-state index is 11.9. The number of nitrogens with zero attached hydrogens (tertiary/aromatic N) is 3. The van der Waals surface area contributed by atoms with Gasteiger partial charge in [-0.15, -0.1) is 11.3 Å². The number of carbonyl (C=O) groups is 1. The minimum Gasteiger partial charge on any atom is -0.345 e. The monoisotopic (exact) mass is 293 g/mol. The van der Waals surface area contributed by atoms with E-state index in [-0.39, 0.29) is 5.91 Å². The normalized spacial score (nSPS) is 11.0. The van der Waals surface area contributed by atoms with Gasteiger partial charge in [0, 0.05) is 26.4 Å². The SMILES string of the molecule is CC(C)CN(C)C(=O)CCc1nc(-c2cccs2)no1. The minimum atomic E-state index is 0.106. The average Bonchev–Trinajstić information content (AvgIpc) is 3.05. The lowest BCUT2D eigenvalue weighted by Crippen LogP contribution is -2.30. The van der Waals surface area contributed by atoms with Gasteiger partial charge < -0.3 is 9.42 Å². The summed E-state index contributed by atoms with van der Waals surface area (Å²) in [5.41, 5.74) is 0. The first-order valence-corrected chi connectivity index (χ1v) is 7.54. The number of amides is 1. The molecule has 108 valence electrons. The molecule has 5 nitrogen and oxygen atoms in total. The summed E-state index contributed by atoms with van der Waals surface area (Å²) in [4.78, 5) is 19.0. The molecule has 2 aromatic rings. The van der Waals surface area contributed by atoms with Crippen LogP contribution < -0.4 is 0 Å². The molecule has 2 aromatic heterocycles. The molecule has 0 saturated carbocycles. The Morgan fingerprint density at radius 1 is 1.50 bits per heavy atom. The zero-order valence-electron chi connectivity index (χ0n) is 12.0. The van der Waals surface area contributed by atoms with Gasteiger partial charge >= 0.3 is 0 Å². The Morgan fingerprint density at radius 3 is 2.95 bits per heavy atom. The second kappa shape index (κ2) is 6.65. The fourth-order valence-electron chi connectivity index (χ4n) is 1.92. The van der Waals surface area contributed by atoms with Gasteiger partial charge in [-0.25, -0.2) is 0 Å². The Morgan fingerprint density at radius 2 is 2.30 bits per heavy atom. The van der Waals surface area contributed by atoms with E-state index in [0.717, 1.165) is 11.4 Å². The summed E-state index contributed by atoms with van der Waals surface area (Å²) in [5.74, 6) is 1.69. The van der Waals surface area contributed by atoms with E-state index in [9.17, 15) is 4.79 Å². The van der Waals surface area contributed by atoms with Gasteiger partial charge in [0.25, 0.3) is 0 Å².